The summed E-state index contributed by atoms with van der Waals surface area (Å²) < 4.78 is 9.29. The smallest absolute Gasteiger partial charge is 0.340 e. The van der Waals surface area contributed by atoms with Crippen LogP contribution in [0.3, 0.4) is 0 Å². The number of para-hydroxylation sites is 2. The minimum absolute atomic E-state index is 0.244. The van der Waals surface area contributed by atoms with E-state index in [4.69, 9.17) is 9.84 Å². The maximum Gasteiger partial charge on any atom is 0.340 e. The Hall–Kier alpha value is -5.11. The molecule has 0 fully saturated rings. The Kier molecular flexibility index (Phi) is 6.66. The van der Waals surface area contributed by atoms with Crippen molar-refractivity contribution < 1.29 is 14.3 Å². The summed E-state index contributed by atoms with van der Waals surface area (Å²) in [6.45, 7) is 4.28. The van der Waals surface area contributed by atoms with Crippen molar-refractivity contribution >= 4 is 17.7 Å². The van der Waals surface area contributed by atoms with E-state index in [1.165, 1.54) is 0 Å². The summed E-state index contributed by atoms with van der Waals surface area (Å²) in [7, 11) is 0. The molecule has 200 valence electrons. The van der Waals surface area contributed by atoms with Crippen molar-refractivity contribution in [1.29, 1.82) is 0 Å². The molecule has 0 saturated heterocycles. The lowest BCUT2D eigenvalue weighted by Gasteiger charge is -2.31. The molecule has 1 aliphatic rings. The van der Waals surface area contributed by atoms with Crippen LogP contribution in [0.2, 0.25) is 0 Å². The normalized spacial score (nSPS) is 14.2. The molecule has 3 aromatic carbocycles. The molecule has 0 bridgehead atoms. The third kappa shape index (κ3) is 4.43. The third-order valence-electron chi connectivity index (χ3n) is 7.13. The Balaban J connectivity index is 1.49. The Morgan fingerprint density at radius 2 is 1.62 bits per heavy atom. The van der Waals surface area contributed by atoms with Crippen molar-refractivity contribution in [3.8, 4) is 11.5 Å². The van der Waals surface area contributed by atoms with Gasteiger partial charge >= 0.3 is 12.0 Å². The number of hydrogen-bond donors (Lipinski definition) is 1. The zero-order valence-electron chi connectivity index (χ0n) is 22.3. The van der Waals surface area contributed by atoms with E-state index in [1.54, 1.807) is 36.1 Å². The second-order valence-electron chi connectivity index (χ2n) is 9.58. The lowest BCUT2D eigenvalue weighted by atomic mass is 10.0. The number of ether oxygens (including phenoxy) is 1. The number of hydrogen-bond acceptors (Lipinski definition) is 4. The molecule has 40 heavy (non-hydrogen) atoms. The fraction of sp³-hybridized carbons (Fsp3) is 0.156. The van der Waals surface area contributed by atoms with E-state index in [9.17, 15) is 9.59 Å². The molecule has 1 N–H and O–H groups in total. The van der Waals surface area contributed by atoms with E-state index >= 15 is 0 Å². The van der Waals surface area contributed by atoms with Crippen LogP contribution in [0.4, 0.5) is 10.5 Å². The molecule has 1 atom stereocenters. The SMILES string of the molecule is CCOC(=O)c1ccccc1NC(=O)N1Cc2c(C)nn(-c3ccccc3)c2-n2cccc2[C@H]1c1ccccc1. The van der Waals surface area contributed by atoms with Gasteiger partial charge in [0, 0.05) is 11.8 Å². The van der Waals surface area contributed by atoms with E-state index in [0.29, 0.717) is 17.8 Å². The van der Waals surface area contributed by atoms with Gasteiger partial charge in [0.1, 0.15) is 5.82 Å². The zero-order valence-corrected chi connectivity index (χ0v) is 22.3. The zero-order chi connectivity index (χ0) is 27.6. The lowest BCUT2D eigenvalue weighted by Crippen LogP contribution is -2.38. The number of anilines is 1. The quantitative estimate of drug-likeness (QED) is 0.271. The van der Waals surface area contributed by atoms with Gasteiger partial charge in [0.25, 0.3) is 0 Å². The average molecular weight is 532 g/mol. The second kappa shape index (κ2) is 10.6. The summed E-state index contributed by atoms with van der Waals surface area (Å²) in [5, 5.41) is 7.90. The molecule has 6 rings (SSSR count). The van der Waals surface area contributed by atoms with Crippen molar-refractivity contribution in [3.63, 3.8) is 0 Å². The summed E-state index contributed by atoms with van der Waals surface area (Å²) in [5.74, 6) is 0.414. The summed E-state index contributed by atoms with van der Waals surface area (Å²) in [4.78, 5) is 28.6. The van der Waals surface area contributed by atoms with Crippen LogP contribution in [-0.4, -0.2) is 37.9 Å². The number of urea groups is 1. The van der Waals surface area contributed by atoms with Crippen LogP contribution in [0, 0.1) is 6.92 Å². The molecule has 2 amide bonds. The summed E-state index contributed by atoms with van der Waals surface area (Å²) in [6.07, 6.45) is 2.02. The van der Waals surface area contributed by atoms with Crippen LogP contribution >= 0.6 is 0 Å². The van der Waals surface area contributed by atoms with Gasteiger partial charge in [-0.25, -0.2) is 14.3 Å². The number of benzene rings is 3. The Morgan fingerprint density at radius 1 is 0.925 bits per heavy atom. The largest absolute Gasteiger partial charge is 0.462 e. The summed E-state index contributed by atoms with van der Waals surface area (Å²) >= 11 is 0. The highest BCUT2D eigenvalue weighted by Gasteiger charge is 2.36. The van der Waals surface area contributed by atoms with E-state index in [0.717, 1.165) is 34.0 Å². The first-order chi connectivity index (χ1) is 19.6. The molecule has 8 nitrogen and oxygen atoms in total. The van der Waals surface area contributed by atoms with Gasteiger partial charge in [-0.3, -0.25) is 0 Å². The predicted molar refractivity (Wildman–Crippen MR) is 153 cm³/mol. The van der Waals surface area contributed by atoms with Crippen LogP contribution in [0.5, 0.6) is 0 Å². The molecule has 8 heteroatoms. The van der Waals surface area contributed by atoms with Gasteiger partial charge in [0.15, 0.2) is 0 Å². The van der Waals surface area contributed by atoms with E-state index < -0.39 is 12.0 Å². The van der Waals surface area contributed by atoms with Crippen LogP contribution in [0.25, 0.3) is 11.5 Å². The molecule has 0 unspecified atom stereocenters. The van der Waals surface area contributed by atoms with Crippen molar-refractivity contribution in [2.45, 2.75) is 26.4 Å². The molecular formula is C32H29N5O3. The van der Waals surface area contributed by atoms with Gasteiger partial charge in [-0.1, -0.05) is 60.7 Å². The predicted octanol–water partition coefficient (Wildman–Crippen LogP) is 6.29. The molecule has 3 heterocycles. The Labute approximate surface area is 232 Å². The number of nitrogens with zero attached hydrogens (tertiary/aromatic N) is 4. The van der Waals surface area contributed by atoms with Crippen LogP contribution < -0.4 is 5.32 Å². The number of aryl methyl sites for hydroxylation is 1. The fourth-order valence-corrected chi connectivity index (χ4v) is 5.30. The minimum Gasteiger partial charge on any atom is -0.462 e. The van der Waals surface area contributed by atoms with E-state index in [2.05, 4.69) is 9.88 Å². The first-order valence-electron chi connectivity index (χ1n) is 13.3. The Morgan fingerprint density at radius 3 is 2.38 bits per heavy atom. The lowest BCUT2D eigenvalue weighted by molar-refractivity contribution is 0.0527. The van der Waals surface area contributed by atoms with Gasteiger partial charge in [-0.05, 0) is 55.8 Å². The number of rotatable bonds is 5. The average Bonchev–Trinajstić information content (AvgIpc) is 3.54. The highest BCUT2D eigenvalue weighted by Crippen LogP contribution is 2.38. The van der Waals surface area contributed by atoms with Crippen LogP contribution in [-0.2, 0) is 11.3 Å². The van der Waals surface area contributed by atoms with Crippen molar-refractivity contribution in [2.24, 2.45) is 0 Å². The monoisotopic (exact) mass is 531 g/mol. The van der Waals surface area contributed by atoms with Crippen LogP contribution in [0.15, 0.2) is 103 Å². The molecule has 2 aromatic heterocycles. The number of carbonyl (C=O) groups is 2. The topological polar surface area (TPSA) is 81.4 Å². The van der Waals surface area contributed by atoms with E-state index in [-0.39, 0.29) is 12.6 Å². The highest BCUT2D eigenvalue weighted by molar-refractivity contribution is 6.01. The van der Waals surface area contributed by atoms with Crippen molar-refractivity contribution in [2.75, 3.05) is 11.9 Å². The number of nitrogens with one attached hydrogen (secondary N) is 1. The van der Waals surface area contributed by atoms with Gasteiger partial charge in [-0.2, -0.15) is 5.10 Å². The fourth-order valence-electron chi connectivity index (χ4n) is 5.30. The number of esters is 1. The molecule has 0 aliphatic carbocycles. The number of aromatic nitrogens is 3. The van der Waals surface area contributed by atoms with Gasteiger partial charge in [-0.15, -0.1) is 0 Å². The first kappa shape index (κ1) is 25.2. The second-order valence-corrected chi connectivity index (χ2v) is 9.58. The van der Waals surface area contributed by atoms with Gasteiger partial charge in [0.05, 0.1) is 47.5 Å². The molecule has 1 aliphatic heterocycles. The van der Waals surface area contributed by atoms with Crippen molar-refractivity contribution in [3.05, 3.63) is 131 Å². The van der Waals surface area contributed by atoms with Gasteiger partial charge < -0.3 is 19.5 Å². The maximum absolute atomic E-state index is 14.2. The molecule has 5 aromatic rings. The maximum atomic E-state index is 14.2. The Bertz CT molecular complexity index is 1670. The molecule has 0 saturated carbocycles. The first-order valence-corrected chi connectivity index (χ1v) is 13.3. The van der Waals surface area contributed by atoms with Crippen molar-refractivity contribution in [1.82, 2.24) is 19.2 Å². The highest BCUT2D eigenvalue weighted by atomic mass is 16.5. The number of carbonyl (C=O) groups excluding carboxylic acids is 2. The minimum atomic E-state index is -0.481. The van der Waals surface area contributed by atoms with Gasteiger partial charge in [0.2, 0.25) is 0 Å². The van der Waals surface area contributed by atoms with E-state index in [1.807, 2.05) is 90.6 Å². The number of fused-ring (bicyclic) bond motifs is 3. The standard InChI is InChI=1S/C32H29N5O3/c1-3-40-31(38)25-17-10-11-18-27(25)33-32(39)36-21-26-22(2)34-37(24-15-8-5-9-16-24)30(26)35-20-12-19-28(35)29(36)23-13-6-4-7-14-23/h4-20,29H,3,21H2,1-2H3,(H,33,39)/t29-/m1/s1. The molecular weight excluding hydrogens is 502 g/mol. The summed E-state index contributed by atoms with van der Waals surface area (Å²) in [6, 6.07) is 30.2. The third-order valence-corrected chi connectivity index (χ3v) is 7.13. The molecule has 0 radical (unpaired) electrons. The summed E-state index contributed by atoms with van der Waals surface area (Å²) in [5.41, 5.74) is 5.30. The number of amides is 2. The van der Waals surface area contributed by atoms with Crippen LogP contribution in [0.1, 0.15) is 45.8 Å². The molecule has 0 spiro atoms.